The van der Waals surface area contributed by atoms with Crippen LogP contribution in [-0.4, -0.2) is 48.8 Å². The van der Waals surface area contributed by atoms with Gasteiger partial charge in [-0.2, -0.15) is 10.1 Å². The van der Waals surface area contributed by atoms with Gasteiger partial charge in [0.15, 0.2) is 5.65 Å². The first-order valence-electron chi connectivity index (χ1n) is 10.4. The summed E-state index contributed by atoms with van der Waals surface area (Å²) in [4.78, 5) is 31.3. The van der Waals surface area contributed by atoms with Gasteiger partial charge < -0.3 is 10.2 Å². The number of benzene rings is 1. The average molecular weight is 416 g/mol. The zero-order chi connectivity index (χ0) is 21.4. The van der Waals surface area contributed by atoms with E-state index in [1.807, 2.05) is 50.2 Å². The summed E-state index contributed by atoms with van der Waals surface area (Å²) in [5.74, 6) is 2.24. The molecule has 0 radical (unpaired) electrons. The Labute approximate surface area is 179 Å². The van der Waals surface area contributed by atoms with Gasteiger partial charge in [-0.25, -0.2) is 14.6 Å². The summed E-state index contributed by atoms with van der Waals surface area (Å²) in [6, 6.07) is 11.9. The summed E-state index contributed by atoms with van der Waals surface area (Å²) >= 11 is 0. The molecule has 158 valence electrons. The van der Waals surface area contributed by atoms with Crippen LogP contribution in [0, 0.1) is 13.8 Å². The van der Waals surface area contributed by atoms with E-state index in [1.165, 1.54) is 0 Å². The first-order chi connectivity index (χ1) is 15.1. The maximum Gasteiger partial charge on any atom is 0.263 e. The normalized spacial score (nSPS) is 14.8. The second-order valence-electron chi connectivity index (χ2n) is 7.86. The predicted octanol–water partition coefficient (Wildman–Crippen LogP) is 2.60. The van der Waals surface area contributed by atoms with Crippen molar-refractivity contribution in [3.8, 4) is 5.69 Å². The van der Waals surface area contributed by atoms with E-state index in [4.69, 9.17) is 0 Å². The van der Waals surface area contributed by atoms with Crippen molar-refractivity contribution in [1.82, 2.24) is 29.7 Å². The van der Waals surface area contributed by atoms with Gasteiger partial charge in [0.2, 0.25) is 5.95 Å². The second-order valence-corrected chi connectivity index (χ2v) is 7.86. The Balaban J connectivity index is 1.34. The number of H-pyrrole nitrogens is 1. The molecule has 31 heavy (non-hydrogen) atoms. The summed E-state index contributed by atoms with van der Waals surface area (Å²) in [6.07, 6.45) is 3.39. The number of rotatable bonds is 4. The molecule has 0 spiro atoms. The van der Waals surface area contributed by atoms with Gasteiger partial charge in [-0.3, -0.25) is 9.78 Å². The standard InChI is InChI=1S/C22H24N8O/c1-14-12-19(25-15(2)24-14)29-10-8-16(9-11-29)26-22-27-20-18(21(31)28-22)13-23-30(20)17-6-4-3-5-7-17/h3-7,12-13,16H,8-11H2,1-2H3,(H2,26,27,28,31). The summed E-state index contributed by atoms with van der Waals surface area (Å²) in [5, 5.41) is 8.24. The van der Waals surface area contributed by atoms with Crippen molar-refractivity contribution in [1.29, 1.82) is 0 Å². The molecule has 9 nitrogen and oxygen atoms in total. The van der Waals surface area contributed by atoms with Crippen molar-refractivity contribution in [2.75, 3.05) is 23.3 Å². The van der Waals surface area contributed by atoms with Crippen LogP contribution < -0.4 is 15.8 Å². The van der Waals surface area contributed by atoms with E-state index in [1.54, 1.807) is 10.9 Å². The summed E-state index contributed by atoms with van der Waals surface area (Å²) in [7, 11) is 0. The molecule has 0 bridgehead atoms. The Morgan fingerprint density at radius 2 is 1.84 bits per heavy atom. The highest BCUT2D eigenvalue weighted by atomic mass is 16.1. The third-order valence-corrected chi connectivity index (χ3v) is 5.55. The minimum absolute atomic E-state index is 0.195. The zero-order valence-corrected chi connectivity index (χ0v) is 17.5. The Morgan fingerprint density at radius 3 is 2.58 bits per heavy atom. The van der Waals surface area contributed by atoms with Gasteiger partial charge >= 0.3 is 0 Å². The highest BCUT2D eigenvalue weighted by molar-refractivity contribution is 5.76. The van der Waals surface area contributed by atoms with Gasteiger partial charge in [-0.15, -0.1) is 0 Å². The quantitative estimate of drug-likeness (QED) is 0.527. The molecule has 4 aromatic rings. The number of aromatic amines is 1. The second kappa shape index (κ2) is 7.82. The summed E-state index contributed by atoms with van der Waals surface area (Å²) < 4.78 is 1.69. The molecule has 4 heterocycles. The number of hydrogen-bond acceptors (Lipinski definition) is 7. The molecule has 1 aromatic carbocycles. The molecule has 0 unspecified atom stereocenters. The molecule has 2 N–H and O–H groups in total. The van der Waals surface area contributed by atoms with Gasteiger partial charge in [0, 0.05) is 30.9 Å². The maximum absolute atomic E-state index is 12.6. The first kappa shape index (κ1) is 19.2. The Morgan fingerprint density at radius 1 is 1.06 bits per heavy atom. The minimum Gasteiger partial charge on any atom is -0.356 e. The highest BCUT2D eigenvalue weighted by Crippen LogP contribution is 2.21. The van der Waals surface area contributed by atoms with Crippen LogP contribution in [-0.2, 0) is 0 Å². The Hall–Kier alpha value is -3.75. The number of fused-ring (bicyclic) bond motifs is 1. The lowest BCUT2D eigenvalue weighted by Gasteiger charge is -2.33. The number of nitrogens with zero attached hydrogens (tertiary/aromatic N) is 6. The first-order valence-corrected chi connectivity index (χ1v) is 10.4. The number of aromatic nitrogens is 6. The van der Waals surface area contributed by atoms with Crippen LogP contribution in [0.1, 0.15) is 24.4 Å². The van der Waals surface area contributed by atoms with E-state index in [0.29, 0.717) is 17.0 Å². The molecule has 1 aliphatic rings. The van der Waals surface area contributed by atoms with E-state index >= 15 is 0 Å². The molecule has 9 heteroatoms. The van der Waals surface area contributed by atoms with E-state index < -0.39 is 0 Å². The third-order valence-electron chi connectivity index (χ3n) is 5.55. The fourth-order valence-corrected chi connectivity index (χ4v) is 4.05. The van der Waals surface area contributed by atoms with Crippen LogP contribution >= 0.6 is 0 Å². The number of nitrogens with one attached hydrogen (secondary N) is 2. The van der Waals surface area contributed by atoms with Gasteiger partial charge in [0.05, 0.1) is 11.9 Å². The Bertz CT molecular complexity index is 1250. The van der Waals surface area contributed by atoms with Gasteiger partial charge in [-0.1, -0.05) is 18.2 Å². The summed E-state index contributed by atoms with van der Waals surface area (Å²) in [5.41, 5.74) is 2.19. The highest BCUT2D eigenvalue weighted by Gasteiger charge is 2.22. The molecule has 5 rings (SSSR count). The molecule has 1 saturated heterocycles. The average Bonchev–Trinajstić information content (AvgIpc) is 3.19. The summed E-state index contributed by atoms with van der Waals surface area (Å²) in [6.45, 7) is 5.66. The molecule has 1 aliphatic heterocycles. The number of piperidine rings is 1. The van der Waals surface area contributed by atoms with Crippen LogP contribution in [0.25, 0.3) is 16.7 Å². The SMILES string of the molecule is Cc1cc(N2CCC(Nc3nc4c(cnn4-c4ccccc4)c(=O)[nH]3)CC2)nc(C)n1. The largest absolute Gasteiger partial charge is 0.356 e. The van der Waals surface area contributed by atoms with E-state index in [9.17, 15) is 4.79 Å². The number of hydrogen-bond donors (Lipinski definition) is 2. The fourth-order valence-electron chi connectivity index (χ4n) is 4.05. The van der Waals surface area contributed by atoms with Crippen molar-refractivity contribution in [2.24, 2.45) is 0 Å². The lowest BCUT2D eigenvalue weighted by molar-refractivity contribution is 0.520. The van der Waals surface area contributed by atoms with Crippen LogP contribution in [0.3, 0.4) is 0 Å². The molecule has 1 fully saturated rings. The monoisotopic (exact) mass is 416 g/mol. The Kier molecular flexibility index (Phi) is 4.85. The fraction of sp³-hybridized carbons (Fsp3) is 0.318. The molecular formula is C22H24N8O. The molecule has 3 aromatic heterocycles. The van der Waals surface area contributed by atoms with E-state index in [2.05, 4.69) is 35.3 Å². The minimum atomic E-state index is -0.195. The van der Waals surface area contributed by atoms with Crippen molar-refractivity contribution in [3.05, 3.63) is 64.5 Å². The van der Waals surface area contributed by atoms with Gasteiger partial charge in [-0.05, 0) is 38.8 Å². The third kappa shape index (κ3) is 3.86. The van der Waals surface area contributed by atoms with Crippen molar-refractivity contribution < 1.29 is 0 Å². The zero-order valence-electron chi connectivity index (χ0n) is 17.5. The van der Waals surface area contributed by atoms with Crippen LogP contribution in [0.15, 0.2) is 47.4 Å². The lowest BCUT2D eigenvalue weighted by atomic mass is 10.1. The number of aryl methyl sites for hydroxylation is 2. The van der Waals surface area contributed by atoms with Crippen LogP contribution in [0.4, 0.5) is 11.8 Å². The lowest BCUT2D eigenvalue weighted by Crippen LogP contribution is -2.40. The molecule has 0 atom stereocenters. The smallest absolute Gasteiger partial charge is 0.263 e. The predicted molar refractivity (Wildman–Crippen MR) is 120 cm³/mol. The molecular weight excluding hydrogens is 392 g/mol. The van der Waals surface area contributed by atoms with Crippen LogP contribution in [0.5, 0.6) is 0 Å². The van der Waals surface area contributed by atoms with E-state index in [-0.39, 0.29) is 11.6 Å². The number of para-hydroxylation sites is 1. The van der Waals surface area contributed by atoms with Crippen molar-refractivity contribution in [2.45, 2.75) is 32.7 Å². The van der Waals surface area contributed by atoms with Gasteiger partial charge in [0.1, 0.15) is 17.0 Å². The molecule has 0 aliphatic carbocycles. The van der Waals surface area contributed by atoms with Gasteiger partial charge in [0.25, 0.3) is 5.56 Å². The van der Waals surface area contributed by atoms with E-state index in [0.717, 1.165) is 49.0 Å². The van der Waals surface area contributed by atoms with Crippen molar-refractivity contribution >= 4 is 22.8 Å². The van der Waals surface area contributed by atoms with Crippen LogP contribution in [0.2, 0.25) is 0 Å². The maximum atomic E-state index is 12.6. The molecule has 0 saturated carbocycles. The van der Waals surface area contributed by atoms with Crippen molar-refractivity contribution in [3.63, 3.8) is 0 Å². The molecule has 0 amide bonds. The number of anilines is 2. The topological polar surface area (TPSA) is 105 Å².